The van der Waals surface area contributed by atoms with Gasteiger partial charge in [0.2, 0.25) is 5.91 Å². The van der Waals surface area contributed by atoms with Crippen LogP contribution >= 0.6 is 0 Å². The van der Waals surface area contributed by atoms with Crippen molar-refractivity contribution in [3.63, 3.8) is 0 Å². The van der Waals surface area contributed by atoms with E-state index in [1.807, 2.05) is 6.92 Å². The minimum absolute atomic E-state index is 0.00352. The molecule has 0 heterocycles. The summed E-state index contributed by atoms with van der Waals surface area (Å²) >= 11 is 0. The lowest BCUT2D eigenvalue weighted by Crippen LogP contribution is -2.22. The predicted molar refractivity (Wildman–Crippen MR) is 69.4 cm³/mol. The number of aliphatic hydroxyl groups excluding tert-OH is 1. The third kappa shape index (κ3) is 4.55. The molecule has 1 rings (SSSR count). The molecule has 5 heteroatoms. The van der Waals surface area contributed by atoms with Gasteiger partial charge in [0.05, 0.1) is 0 Å². The van der Waals surface area contributed by atoms with Crippen LogP contribution in [-0.4, -0.2) is 30.1 Å². The van der Waals surface area contributed by atoms with E-state index in [9.17, 15) is 9.59 Å². The molecule has 0 fully saturated rings. The Morgan fingerprint density at radius 2 is 1.89 bits per heavy atom. The average molecular weight is 250 g/mol. The van der Waals surface area contributed by atoms with E-state index in [1.54, 1.807) is 24.3 Å². The van der Waals surface area contributed by atoms with Crippen LogP contribution in [0.1, 0.15) is 30.1 Å². The number of benzene rings is 1. The van der Waals surface area contributed by atoms with Crippen LogP contribution in [0, 0.1) is 0 Å². The van der Waals surface area contributed by atoms with Crippen LogP contribution in [0.3, 0.4) is 0 Å². The lowest BCUT2D eigenvalue weighted by Gasteiger charge is -2.06. The van der Waals surface area contributed by atoms with Crippen LogP contribution in [0.5, 0.6) is 0 Å². The first-order valence-electron chi connectivity index (χ1n) is 5.96. The van der Waals surface area contributed by atoms with Gasteiger partial charge in [0.15, 0.2) is 0 Å². The second-order valence-corrected chi connectivity index (χ2v) is 3.81. The first kappa shape index (κ1) is 14.2. The molecular weight excluding hydrogens is 232 g/mol. The summed E-state index contributed by atoms with van der Waals surface area (Å²) in [6, 6.07) is 6.68. The van der Waals surface area contributed by atoms with E-state index >= 15 is 0 Å². The van der Waals surface area contributed by atoms with Crippen molar-refractivity contribution in [2.75, 3.05) is 18.5 Å². The Kier molecular flexibility index (Phi) is 5.87. The Balaban J connectivity index is 2.55. The van der Waals surface area contributed by atoms with Gasteiger partial charge in [-0.25, -0.2) is 0 Å². The van der Waals surface area contributed by atoms with Crippen LogP contribution < -0.4 is 10.6 Å². The van der Waals surface area contributed by atoms with E-state index in [4.69, 9.17) is 5.11 Å². The van der Waals surface area contributed by atoms with Crippen molar-refractivity contribution in [1.29, 1.82) is 0 Å². The molecular formula is C13H18N2O3. The average Bonchev–Trinajstić information content (AvgIpc) is 2.37. The molecule has 0 unspecified atom stereocenters. The highest BCUT2D eigenvalue weighted by atomic mass is 16.3. The monoisotopic (exact) mass is 250 g/mol. The molecule has 98 valence electrons. The van der Waals surface area contributed by atoms with Gasteiger partial charge in [-0.1, -0.05) is 0 Å². The Bertz CT molecular complexity index is 401. The molecule has 3 N–H and O–H groups in total. The lowest BCUT2D eigenvalue weighted by molar-refractivity contribution is -0.116. The first-order valence-corrected chi connectivity index (χ1v) is 5.96. The van der Waals surface area contributed by atoms with Crippen LogP contribution in [-0.2, 0) is 4.79 Å². The summed E-state index contributed by atoms with van der Waals surface area (Å²) in [4.78, 5) is 22.9. The van der Waals surface area contributed by atoms with E-state index in [0.29, 0.717) is 24.2 Å². The second kappa shape index (κ2) is 7.45. The van der Waals surface area contributed by atoms with Gasteiger partial charge < -0.3 is 15.7 Å². The topological polar surface area (TPSA) is 78.4 Å². The highest BCUT2D eigenvalue weighted by Crippen LogP contribution is 2.10. The maximum atomic E-state index is 11.5. The zero-order chi connectivity index (χ0) is 13.4. The largest absolute Gasteiger partial charge is 0.396 e. The maximum absolute atomic E-state index is 11.5. The van der Waals surface area contributed by atoms with Gasteiger partial charge in [0, 0.05) is 30.8 Å². The number of hydrogen-bond donors (Lipinski definition) is 3. The first-order chi connectivity index (χ1) is 8.67. The third-order valence-corrected chi connectivity index (χ3v) is 2.33. The molecule has 0 atom stereocenters. The highest BCUT2D eigenvalue weighted by molar-refractivity contribution is 5.95. The van der Waals surface area contributed by atoms with Crippen molar-refractivity contribution in [2.45, 2.75) is 19.8 Å². The third-order valence-electron chi connectivity index (χ3n) is 2.33. The van der Waals surface area contributed by atoms with E-state index in [2.05, 4.69) is 10.6 Å². The van der Waals surface area contributed by atoms with E-state index in [-0.39, 0.29) is 24.8 Å². The molecule has 0 bridgehead atoms. The normalized spacial score (nSPS) is 9.89. The zero-order valence-corrected chi connectivity index (χ0v) is 10.4. The molecule has 1 aromatic carbocycles. The number of nitrogens with one attached hydrogen (secondary N) is 2. The van der Waals surface area contributed by atoms with Gasteiger partial charge in [0.25, 0.3) is 5.91 Å². The molecule has 1 aromatic rings. The number of rotatable bonds is 6. The lowest BCUT2D eigenvalue weighted by atomic mass is 10.2. The Morgan fingerprint density at radius 1 is 1.22 bits per heavy atom. The van der Waals surface area contributed by atoms with Gasteiger partial charge in [0.1, 0.15) is 0 Å². The van der Waals surface area contributed by atoms with Gasteiger partial charge in [-0.05, 0) is 37.6 Å². The standard InChI is InChI=1S/C13H18N2O3/c1-2-14-13(18)10-5-7-11(8-6-10)15-12(17)4-3-9-16/h5-8,16H,2-4,9H2,1H3,(H,14,18)(H,15,17). The summed E-state index contributed by atoms with van der Waals surface area (Å²) in [5, 5.41) is 14.0. The minimum Gasteiger partial charge on any atom is -0.396 e. The van der Waals surface area contributed by atoms with E-state index in [0.717, 1.165) is 0 Å². The molecule has 0 aliphatic rings. The minimum atomic E-state index is -0.144. The highest BCUT2D eigenvalue weighted by Gasteiger charge is 2.05. The molecule has 0 aromatic heterocycles. The molecule has 0 saturated heterocycles. The number of anilines is 1. The quantitative estimate of drug-likeness (QED) is 0.708. The van der Waals surface area contributed by atoms with Crippen LogP contribution in [0.15, 0.2) is 24.3 Å². The molecule has 2 amide bonds. The molecule has 18 heavy (non-hydrogen) atoms. The van der Waals surface area contributed by atoms with E-state index in [1.165, 1.54) is 0 Å². The van der Waals surface area contributed by atoms with Gasteiger partial charge in [-0.3, -0.25) is 9.59 Å². The molecule has 0 spiro atoms. The van der Waals surface area contributed by atoms with E-state index < -0.39 is 0 Å². The summed E-state index contributed by atoms with van der Waals surface area (Å²) in [5.41, 5.74) is 1.20. The fourth-order valence-corrected chi connectivity index (χ4v) is 1.43. The van der Waals surface area contributed by atoms with Gasteiger partial charge in [-0.15, -0.1) is 0 Å². The number of amides is 2. The van der Waals surface area contributed by atoms with Crippen molar-refractivity contribution in [3.05, 3.63) is 29.8 Å². The number of carbonyl (C=O) groups excluding carboxylic acids is 2. The molecule has 0 aliphatic carbocycles. The fourth-order valence-electron chi connectivity index (χ4n) is 1.43. The van der Waals surface area contributed by atoms with Crippen LogP contribution in [0.4, 0.5) is 5.69 Å². The smallest absolute Gasteiger partial charge is 0.251 e. The molecule has 0 aliphatic heterocycles. The van der Waals surface area contributed by atoms with Crippen molar-refractivity contribution in [1.82, 2.24) is 5.32 Å². The summed E-state index contributed by atoms with van der Waals surface area (Å²) in [6.07, 6.45) is 0.734. The van der Waals surface area contributed by atoms with Gasteiger partial charge >= 0.3 is 0 Å². The van der Waals surface area contributed by atoms with Crippen LogP contribution in [0.25, 0.3) is 0 Å². The number of carbonyl (C=O) groups is 2. The molecule has 0 radical (unpaired) electrons. The zero-order valence-electron chi connectivity index (χ0n) is 10.4. The Morgan fingerprint density at radius 3 is 2.44 bits per heavy atom. The van der Waals surface area contributed by atoms with Crippen molar-refractivity contribution in [3.8, 4) is 0 Å². The fraction of sp³-hybridized carbons (Fsp3) is 0.385. The van der Waals surface area contributed by atoms with Crippen molar-refractivity contribution < 1.29 is 14.7 Å². The predicted octanol–water partition coefficient (Wildman–Crippen LogP) is 1.15. The van der Waals surface area contributed by atoms with Crippen LogP contribution in [0.2, 0.25) is 0 Å². The Labute approximate surface area is 106 Å². The summed E-state index contributed by atoms with van der Waals surface area (Å²) in [7, 11) is 0. The molecule has 0 saturated carbocycles. The Hall–Kier alpha value is -1.88. The second-order valence-electron chi connectivity index (χ2n) is 3.81. The number of aliphatic hydroxyl groups is 1. The summed E-state index contributed by atoms with van der Waals surface area (Å²) in [5.74, 6) is -0.273. The van der Waals surface area contributed by atoms with Gasteiger partial charge in [-0.2, -0.15) is 0 Å². The van der Waals surface area contributed by atoms with Crippen molar-refractivity contribution >= 4 is 17.5 Å². The SMILES string of the molecule is CCNC(=O)c1ccc(NC(=O)CCCO)cc1. The van der Waals surface area contributed by atoms with Crippen molar-refractivity contribution in [2.24, 2.45) is 0 Å². The molecule has 5 nitrogen and oxygen atoms in total. The summed E-state index contributed by atoms with van der Waals surface area (Å²) in [6.45, 7) is 2.44. The maximum Gasteiger partial charge on any atom is 0.251 e. The number of hydrogen-bond acceptors (Lipinski definition) is 3. The summed E-state index contributed by atoms with van der Waals surface area (Å²) < 4.78 is 0.